The topological polar surface area (TPSA) is 63.1 Å². The molecular formula is C16H25Cl2N5OS. The zero-order valence-electron chi connectivity index (χ0n) is 14.9. The number of piperazine rings is 1. The van der Waals surface area contributed by atoms with Crippen molar-refractivity contribution in [2.45, 2.75) is 33.4 Å². The second kappa shape index (κ2) is 9.09. The van der Waals surface area contributed by atoms with Gasteiger partial charge in [0, 0.05) is 44.6 Å². The predicted octanol–water partition coefficient (Wildman–Crippen LogP) is 2.16. The van der Waals surface area contributed by atoms with E-state index in [4.69, 9.17) is 4.98 Å². The van der Waals surface area contributed by atoms with Crippen LogP contribution in [0.2, 0.25) is 0 Å². The number of nitrogens with one attached hydrogen (secondary N) is 1. The standard InChI is InChI=1S/C16H23N5OS.2ClH/c1-10-7-17-5-6-21(10)8-13-9-23-15(18-13)14-11(2)12(3)19-20(4)16(14)22;;/h9-10,17H,5-8H2,1-4H3;2*1H/t10-;;/m1../s1. The molecule has 25 heavy (non-hydrogen) atoms. The maximum Gasteiger partial charge on any atom is 0.277 e. The maximum atomic E-state index is 12.4. The molecule has 9 heteroatoms. The molecule has 1 fully saturated rings. The third-order valence-corrected chi connectivity index (χ3v) is 5.40. The van der Waals surface area contributed by atoms with E-state index in [0.29, 0.717) is 11.6 Å². The number of nitrogens with zero attached hydrogens (tertiary/aromatic N) is 4. The molecule has 0 bridgehead atoms. The van der Waals surface area contributed by atoms with E-state index in [1.165, 1.54) is 4.68 Å². The number of hydrogen-bond donors (Lipinski definition) is 1. The van der Waals surface area contributed by atoms with Gasteiger partial charge in [-0.2, -0.15) is 5.10 Å². The van der Waals surface area contributed by atoms with Crippen LogP contribution in [0.15, 0.2) is 10.2 Å². The molecule has 3 rings (SSSR count). The van der Waals surface area contributed by atoms with Crippen LogP contribution < -0.4 is 10.9 Å². The summed E-state index contributed by atoms with van der Waals surface area (Å²) in [5, 5.41) is 10.5. The molecule has 0 radical (unpaired) electrons. The molecule has 3 heterocycles. The van der Waals surface area contributed by atoms with E-state index in [2.05, 4.69) is 27.6 Å². The highest BCUT2D eigenvalue weighted by Crippen LogP contribution is 2.25. The Hall–Kier alpha value is -0.990. The molecule has 6 nitrogen and oxygen atoms in total. The van der Waals surface area contributed by atoms with E-state index in [1.807, 2.05) is 13.8 Å². The van der Waals surface area contributed by atoms with Gasteiger partial charge in [-0.15, -0.1) is 36.2 Å². The third kappa shape index (κ3) is 4.60. The zero-order valence-corrected chi connectivity index (χ0v) is 17.4. The van der Waals surface area contributed by atoms with Crippen molar-refractivity contribution < 1.29 is 0 Å². The fraction of sp³-hybridized carbons (Fsp3) is 0.562. The number of aryl methyl sites for hydroxylation is 2. The molecule has 0 saturated carbocycles. The normalized spacial score (nSPS) is 17.7. The summed E-state index contributed by atoms with van der Waals surface area (Å²) in [4.78, 5) is 19.6. The highest BCUT2D eigenvalue weighted by molar-refractivity contribution is 7.13. The van der Waals surface area contributed by atoms with E-state index in [1.54, 1.807) is 18.4 Å². The molecule has 1 atom stereocenters. The van der Waals surface area contributed by atoms with E-state index >= 15 is 0 Å². The first-order valence-corrected chi connectivity index (χ1v) is 8.79. The van der Waals surface area contributed by atoms with Crippen LogP contribution in [0, 0.1) is 13.8 Å². The number of hydrogen-bond acceptors (Lipinski definition) is 6. The van der Waals surface area contributed by atoms with Gasteiger partial charge < -0.3 is 5.32 Å². The lowest BCUT2D eigenvalue weighted by molar-refractivity contribution is 0.164. The molecule has 0 amide bonds. The summed E-state index contributed by atoms with van der Waals surface area (Å²) in [6, 6.07) is 0.506. The molecule has 1 aliphatic rings. The Morgan fingerprint density at radius 1 is 1.36 bits per heavy atom. The van der Waals surface area contributed by atoms with Crippen LogP contribution in [0.1, 0.15) is 23.9 Å². The summed E-state index contributed by atoms with van der Waals surface area (Å²) < 4.78 is 1.40. The quantitative estimate of drug-likeness (QED) is 0.847. The third-order valence-electron chi connectivity index (χ3n) is 4.50. The highest BCUT2D eigenvalue weighted by atomic mass is 35.5. The Morgan fingerprint density at radius 2 is 2.08 bits per heavy atom. The molecule has 1 saturated heterocycles. The number of rotatable bonds is 3. The SMILES string of the molecule is Cc1nn(C)c(=O)c(-c2nc(CN3CCNC[C@H]3C)cs2)c1C.Cl.Cl. The first-order chi connectivity index (χ1) is 11.0. The molecule has 2 aromatic heterocycles. The fourth-order valence-electron chi connectivity index (χ4n) is 2.92. The van der Waals surface area contributed by atoms with Crippen molar-refractivity contribution >= 4 is 36.2 Å². The molecule has 2 aromatic rings. The lowest BCUT2D eigenvalue weighted by atomic mass is 10.1. The van der Waals surface area contributed by atoms with Crippen LogP contribution in [0.4, 0.5) is 0 Å². The molecular weight excluding hydrogens is 381 g/mol. The van der Waals surface area contributed by atoms with Gasteiger partial charge in [0.25, 0.3) is 5.56 Å². The van der Waals surface area contributed by atoms with Crippen molar-refractivity contribution in [1.29, 1.82) is 0 Å². The summed E-state index contributed by atoms with van der Waals surface area (Å²) in [6.45, 7) is 10.00. The van der Waals surface area contributed by atoms with Gasteiger partial charge in [-0.3, -0.25) is 9.69 Å². The Balaban J connectivity index is 0.00000156. The average molecular weight is 406 g/mol. The summed E-state index contributed by atoms with van der Waals surface area (Å²) >= 11 is 1.54. The van der Waals surface area contributed by atoms with Gasteiger partial charge in [0.2, 0.25) is 0 Å². The van der Waals surface area contributed by atoms with Gasteiger partial charge in [0.1, 0.15) is 5.01 Å². The van der Waals surface area contributed by atoms with Crippen molar-refractivity contribution in [3.8, 4) is 10.6 Å². The van der Waals surface area contributed by atoms with Gasteiger partial charge in [0.15, 0.2) is 0 Å². The molecule has 0 spiro atoms. The summed E-state index contributed by atoms with van der Waals surface area (Å²) in [6.07, 6.45) is 0. The fourth-order valence-corrected chi connectivity index (χ4v) is 3.82. The summed E-state index contributed by atoms with van der Waals surface area (Å²) in [5.41, 5.74) is 3.43. The predicted molar refractivity (Wildman–Crippen MR) is 107 cm³/mol. The van der Waals surface area contributed by atoms with E-state index in [-0.39, 0.29) is 30.4 Å². The second-order valence-electron chi connectivity index (χ2n) is 6.18. The molecule has 0 aromatic carbocycles. The first-order valence-electron chi connectivity index (χ1n) is 7.91. The van der Waals surface area contributed by atoms with E-state index < -0.39 is 0 Å². The molecule has 1 N–H and O–H groups in total. The lowest BCUT2D eigenvalue weighted by Gasteiger charge is -2.33. The van der Waals surface area contributed by atoms with Crippen LogP contribution in [-0.4, -0.2) is 45.3 Å². The Bertz CT molecular complexity index is 776. The van der Waals surface area contributed by atoms with Gasteiger partial charge in [-0.1, -0.05) is 0 Å². The first kappa shape index (κ1) is 22.1. The van der Waals surface area contributed by atoms with Gasteiger partial charge >= 0.3 is 0 Å². The van der Waals surface area contributed by atoms with Crippen LogP contribution in [-0.2, 0) is 13.6 Å². The zero-order chi connectivity index (χ0) is 16.6. The smallest absolute Gasteiger partial charge is 0.277 e. The highest BCUT2D eigenvalue weighted by Gasteiger charge is 2.20. The van der Waals surface area contributed by atoms with E-state index in [9.17, 15) is 4.79 Å². The average Bonchev–Trinajstić information content (AvgIpc) is 2.96. The van der Waals surface area contributed by atoms with Crippen LogP contribution in [0.25, 0.3) is 10.6 Å². The Morgan fingerprint density at radius 3 is 2.76 bits per heavy atom. The largest absolute Gasteiger partial charge is 0.314 e. The molecule has 0 aliphatic carbocycles. The number of aromatic nitrogens is 3. The molecule has 0 unspecified atom stereocenters. The molecule has 140 valence electrons. The van der Waals surface area contributed by atoms with Crippen molar-refractivity contribution in [2.24, 2.45) is 7.05 Å². The van der Waals surface area contributed by atoms with Gasteiger partial charge in [0.05, 0.1) is 17.0 Å². The van der Waals surface area contributed by atoms with Gasteiger partial charge in [-0.05, 0) is 26.3 Å². The second-order valence-corrected chi connectivity index (χ2v) is 7.04. The monoisotopic (exact) mass is 405 g/mol. The lowest BCUT2D eigenvalue weighted by Crippen LogP contribution is -2.49. The Kier molecular flexibility index (Phi) is 8.02. The maximum absolute atomic E-state index is 12.4. The van der Waals surface area contributed by atoms with Crippen molar-refractivity contribution in [3.63, 3.8) is 0 Å². The molecule has 1 aliphatic heterocycles. The summed E-state index contributed by atoms with van der Waals surface area (Å²) in [5.74, 6) is 0. The van der Waals surface area contributed by atoms with Crippen molar-refractivity contribution in [1.82, 2.24) is 25.0 Å². The Labute approximate surface area is 164 Å². The van der Waals surface area contributed by atoms with E-state index in [0.717, 1.165) is 48.1 Å². The van der Waals surface area contributed by atoms with Crippen molar-refractivity contribution in [3.05, 3.63) is 32.7 Å². The minimum atomic E-state index is -0.0791. The van der Waals surface area contributed by atoms with Crippen LogP contribution in [0.5, 0.6) is 0 Å². The minimum Gasteiger partial charge on any atom is -0.314 e. The van der Waals surface area contributed by atoms with Crippen LogP contribution >= 0.6 is 36.2 Å². The van der Waals surface area contributed by atoms with Crippen molar-refractivity contribution in [2.75, 3.05) is 19.6 Å². The van der Waals surface area contributed by atoms with Gasteiger partial charge in [-0.25, -0.2) is 9.67 Å². The summed E-state index contributed by atoms with van der Waals surface area (Å²) in [7, 11) is 1.69. The van der Waals surface area contributed by atoms with Crippen LogP contribution in [0.3, 0.4) is 0 Å². The number of thiazole rings is 1. The number of halogens is 2. The minimum absolute atomic E-state index is 0.